The van der Waals surface area contributed by atoms with Crippen LogP contribution in [0.3, 0.4) is 0 Å². The number of carbonyl (C=O) groups excluding carboxylic acids is 1. The highest BCUT2D eigenvalue weighted by Gasteiger charge is 2.19. The molecule has 1 saturated heterocycles. The molecule has 2 aliphatic rings. The van der Waals surface area contributed by atoms with E-state index in [1.54, 1.807) is 0 Å². The average molecular weight is 499 g/mol. The van der Waals surface area contributed by atoms with Gasteiger partial charge in [-0.2, -0.15) is 0 Å². The van der Waals surface area contributed by atoms with Gasteiger partial charge < -0.3 is 10.1 Å². The Kier molecular flexibility index (Phi) is 7.90. The first kappa shape index (κ1) is 24.8. The van der Waals surface area contributed by atoms with Gasteiger partial charge in [-0.25, -0.2) is 0 Å². The van der Waals surface area contributed by atoms with Gasteiger partial charge in [0.2, 0.25) is 0 Å². The molecule has 186 valence electrons. The molecule has 1 N–H and O–H groups in total. The molecule has 0 spiro atoms. The van der Waals surface area contributed by atoms with Crippen molar-refractivity contribution in [2.45, 2.75) is 43.7 Å². The summed E-state index contributed by atoms with van der Waals surface area (Å²) >= 11 is 1.82. The maximum atomic E-state index is 13.2. The number of hydrogen-bond acceptors (Lipinski definition) is 4. The number of aryl methyl sites for hydroxylation is 1. The molecule has 0 aliphatic carbocycles. The second-order valence-electron chi connectivity index (χ2n) is 9.80. The Morgan fingerprint density at radius 2 is 1.72 bits per heavy atom. The number of nitrogens with one attached hydrogen (secondary N) is 1. The zero-order valence-corrected chi connectivity index (χ0v) is 21.9. The largest absolute Gasteiger partial charge is 0.381 e. The predicted octanol–water partition coefficient (Wildman–Crippen LogP) is 6.79. The fourth-order valence-electron chi connectivity index (χ4n) is 4.88. The standard InChI is InChI=1S/C31H34N2O2S/c1-22-3-7-24(8-4-22)25-9-12-30-27(19-25)20-26(15-18-36-30)31(34)32-28-10-5-23(6-11-28)21-33(2)29-13-16-35-17-14-29/h3-12,19-20,29H,13-18,21H2,1-2H3,(H,32,34). The van der Waals surface area contributed by atoms with E-state index < -0.39 is 0 Å². The van der Waals surface area contributed by atoms with E-state index in [1.165, 1.54) is 27.1 Å². The Morgan fingerprint density at radius 3 is 2.47 bits per heavy atom. The van der Waals surface area contributed by atoms with Crippen LogP contribution in [0.2, 0.25) is 0 Å². The molecule has 5 rings (SSSR count). The van der Waals surface area contributed by atoms with E-state index >= 15 is 0 Å². The van der Waals surface area contributed by atoms with Crippen molar-refractivity contribution in [1.82, 2.24) is 4.90 Å². The predicted molar refractivity (Wildman–Crippen MR) is 150 cm³/mol. The second-order valence-corrected chi connectivity index (χ2v) is 10.9. The summed E-state index contributed by atoms with van der Waals surface area (Å²) in [6.07, 6.45) is 5.00. The van der Waals surface area contributed by atoms with Crippen LogP contribution in [0, 0.1) is 6.92 Å². The van der Waals surface area contributed by atoms with E-state index in [9.17, 15) is 4.79 Å². The number of hydrogen-bond donors (Lipinski definition) is 1. The third-order valence-electron chi connectivity index (χ3n) is 7.10. The minimum absolute atomic E-state index is 0.0173. The molecular formula is C31H34N2O2S. The summed E-state index contributed by atoms with van der Waals surface area (Å²) in [5, 5.41) is 3.12. The van der Waals surface area contributed by atoms with Crippen LogP contribution in [0.1, 0.15) is 36.0 Å². The van der Waals surface area contributed by atoms with E-state index in [1.807, 2.05) is 23.9 Å². The quantitative estimate of drug-likeness (QED) is 0.406. The number of thioether (sulfide) groups is 1. The van der Waals surface area contributed by atoms with Crippen LogP contribution in [0.15, 0.2) is 77.2 Å². The molecule has 2 heterocycles. The number of anilines is 1. The monoisotopic (exact) mass is 498 g/mol. The van der Waals surface area contributed by atoms with Gasteiger partial charge in [0, 0.05) is 47.7 Å². The molecule has 1 amide bonds. The number of fused-ring (bicyclic) bond motifs is 1. The lowest BCUT2D eigenvalue weighted by atomic mass is 10.0. The number of benzene rings is 3. The highest BCUT2D eigenvalue weighted by Crippen LogP contribution is 2.34. The SMILES string of the molecule is Cc1ccc(-c2ccc3c(c2)C=C(C(=O)Nc2ccc(CN(C)C4CCOCC4)cc2)CCS3)cc1. The van der Waals surface area contributed by atoms with Crippen molar-refractivity contribution in [3.8, 4) is 11.1 Å². The van der Waals surface area contributed by atoms with Crippen LogP contribution in [0.25, 0.3) is 17.2 Å². The normalized spacial score (nSPS) is 16.2. The van der Waals surface area contributed by atoms with E-state index in [-0.39, 0.29) is 5.91 Å². The van der Waals surface area contributed by atoms with Gasteiger partial charge in [0.1, 0.15) is 0 Å². The van der Waals surface area contributed by atoms with Gasteiger partial charge in [0.05, 0.1) is 0 Å². The highest BCUT2D eigenvalue weighted by atomic mass is 32.2. The number of amides is 1. The van der Waals surface area contributed by atoms with Gasteiger partial charge in [-0.15, -0.1) is 11.8 Å². The van der Waals surface area contributed by atoms with Crippen molar-refractivity contribution in [2.24, 2.45) is 0 Å². The average Bonchev–Trinajstić information content (AvgIpc) is 3.13. The van der Waals surface area contributed by atoms with Crippen molar-refractivity contribution >= 4 is 29.4 Å². The second kappa shape index (κ2) is 11.5. The fourth-order valence-corrected chi connectivity index (χ4v) is 5.87. The van der Waals surface area contributed by atoms with E-state index in [0.29, 0.717) is 6.04 Å². The molecule has 0 bridgehead atoms. The molecule has 5 heteroatoms. The van der Waals surface area contributed by atoms with Crippen LogP contribution in [0.4, 0.5) is 5.69 Å². The molecule has 3 aromatic rings. The molecule has 0 saturated carbocycles. The molecule has 36 heavy (non-hydrogen) atoms. The van der Waals surface area contributed by atoms with Gasteiger partial charge in [0.15, 0.2) is 0 Å². The van der Waals surface area contributed by atoms with Crippen molar-refractivity contribution < 1.29 is 9.53 Å². The Bertz CT molecular complexity index is 1230. The number of nitrogens with zero attached hydrogens (tertiary/aromatic N) is 1. The van der Waals surface area contributed by atoms with E-state index in [2.05, 4.69) is 84.9 Å². The summed E-state index contributed by atoms with van der Waals surface area (Å²) in [6, 6.07) is 24.0. The molecule has 0 atom stereocenters. The topological polar surface area (TPSA) is 41.6 Å². The fraction of sp³-hybridized carbons (Fsp3) is 0.323. The van der Waals surface area contributed by atoms with Crippen LogP contribution in [0.5, 0.6) is 0 Å². The lowest BCUT2D eigenvalue weighted by molar-refractivity contribution is -0.112. The molecular weight excluding hydrogens is 464 g/mol. The smallest absolute Gasteiger partial charge is 0.251 e. The number of carbonyl (C=O) groups is 1. The lowest BCUT2D eigenvalue weighted by Crippen LogP contribution is -2.36. The van der Waals surface area contributed by atoms with Crippen LogP contribution < -0.4 is 5.32 Å². The van der Waals surface area contributed by atoms with Gasteiger partial charge >= 0.3 is 0 Å². The summed E-state index contributed by atoms with van der Waals surface area (Å²) in [4.78, 5) is 16.8. The Balaban J connectivity index is 1.26. The van der Waals surface area contributed by atoms with Crippen molar-refractivity contribution in [2.75, 3.05) is 31.3 Å². The molecule has 1 fully saturated rings. The van der Waals surface area contributed by atoms with Gasteiger partial charge in [0.25, 0.3) is 5.91 Å². The molecule has 0 radical (unpaired) electrons. The molecule has 4 nitrogen and oxygen atoms in total. The minimum atomic E-state index is -0.0173. The first-order chi connectivity index (χ1) is 17.5. The van der Waals surface area contributed by atoms with Crippen molar-refractivity contribution in [3.63, 3.8) is 0 Å². The highest BCUT2D eigenvalue weighted by molar-refractivity contribution is 7.99. The van der Waals surface area contributed by atoms with E-state index in [4.69, 9.17) is 4.74 Å². The van der Waals surface area contributed by atoms with E-state index in [0.717, 1.165) is 61.6 Å². The van der Waals surface area contributed by atoms with Crippen LogP contribution in [-0.4, -0.2) is 42.9 Å². The summed E-state index contributed by atoms with van der Waals surface area (Å²) < 4.78 is 5.49. The summed E-state index contributed by atoms with van der Waals surface area (Å²) in [5.74, 6) is 0.879. The van der Waals surface area contributed by atoms with Gasteiger partial charge in [-0.1, -0.05) is 48.0 Å². The summed E-state index contributed by atoms with van der Waals surface area (Å²) in [6.45, 7) is 4.71. The Labute approximate surface area is 218 Å². The van der Waals surface area contributed by atoms with Crippen LogP contribution in [-0.2, 0) is 16.1 Å². The Morgan fingerprint density at radius 1 is 1.00 bits per heavy atom. The third-order valence-corrected chi connectivity index (χ3v) is 8.19. The maximum Gasteiger partial charge on any atom is 0.251 e. The first-order valence-electron chi connectivity index (χ1n) is 12.8. The van der Waals surface area contributed by atoms with Crippen LogP contribution >= 0.6 is 11.8 Å². The molecule has 2 aliphatic heterocycles. The lowest BCUT2D eigenvalue weighted by Gasteiger charge is -2.31. The molecule has 0 aromatic heterocycles. The minimum Gasteiger partial charge on any atom is -0.381 e. The number of rotatable bonds is 6. The zero-order chi connectivity index (χ0) is 24.9. The van der Waals surface area contributed by atoms with Crippen molar-refractivity contribution in [3.05, 3.63) is 89.0 Å². The van der Waals surface area contributed by atoms with Crippen molar-refractivity contribution in [1.29, 1.82) is 0 Å². The summed E-state index contributed by atoms with van der Waals surface area (Å²) in [5.41, 5.74) is 7.65. The summed E-state index contributed by atoms with van der Waals surface area (Å²) in [7, 11) is 2.18. The number of ether oxygens (including phenoxy) is 1. The van der Waals surface area contributed by atoms with Gasteiger partial charge in [-0.05, 0) is 85.8 Å². The third kappa shape index (κ3) is 6.09. The molecule has 3 aromatic carbocycles. The maximum absolute atomic E-state index is 13.2. The Hall–Kier alpha value is -2.86. The first-order valence-corrected chi connectivity index (χ1v) is 13.8. The zero-order valence-electron chi connectivity index (χ0n) is 21.1. The molecule has 0 unspecified atom stereocenters. The van der Waals surface area contributed by atoms with Gasteiger partial charge in [-0.3, -0.25) is 9.69 Å².